The van der Waals surface area contributed by atoms with Crippen LogP contribution >= 0.6 is 0 Å². The van der Waals surface area contributed by atoms with Crippen molar-refractivity contribution in [1.29, 1.82) is 0 Å². The first-order valence-corrected chi connectivity index (χ1v) is 7.20. The van der Waals surface area contributed by atoms with Crippen LogP contribution in [0.3, 0.4) is 0 Å². The minimum absolute atomic E-state index is 0.161. The molecule has 0 spiro atoms. The van der Waals surface area contributed by atoms with Gasteiger partial charge in [-0.05, 0) is 26.3 Å². The first-order chi connectivity index (χ1) is 10.7. The molecule has 2 amide bonds. The zero-order valence-electron chi connectivity index (χ0n) is 13.5. The number of carbonyl (C=O) groups excluding carboxylic acids is 2. The van der Waals surface area contributed by atoms with E-state index in [2.05, 4.69) is 10.6 Å². The summed E-state index contributed by atoms with van der Waals surface area (Å²) >= 11 is 0. The van der Waals surface area contributed by atoms with Gasteiger partial charge >= 0.3 is 12.1 Å². The molecule has 0 radical (unpaired) electrons. The molecule has 0 bridgehead atoms. The van der Waals surface area contributed by atoms with E-state index in [1.165, 1.54) is 0 Å². The average Bonchev–Trinajstić information content (AvgIpc) is 2.43. The van der Waals surface area contributed by atoms with E-state index < -0.39 is 29.6 Å². The van der Waals surface area contributed by atoms with E-state index in [1.54, 1.807) is 45.0 Å². The van der Waals surface area contributed by atoms with Crippen molar-refractivity contribution < 1.29 is 24.2 Å². The van der Waals surface area contributed by atoms with Gasteiger partial charge < -0.3 is 20.5 Å². The van der Waals surface area contributed by atoms with E-state index in [1.807, 2.05) is 6.07 Å². The number of nitrogens with one attached hydrogen (secondary N) is 2. The van der Waals surface area contributed by atoms with Crippen molar-refractivity contribution in [2.45, 2.75) is 38.8 Å². The molecule has 126 valence electrons. The molecule has 0 aliphatic carbocycles. The van der Waals surface area contributed by atoms with Gasteiger partial charge in [-0.25, -0.2) is 9.59 Å². The quantitative estimate of drug-likeness (QED) is 0.733. The number of benzene rings is 1. The Labute approximate surface area is 135 Å². The first-order valence-electron chi connectivity index (χ1n) is 7.20. The van der Waals surface area contributed by atoms with E-state index in [0.717, 1.165) is 5.56 Å². The highest BCUT2D eigenvalue weighted by atomic mass is 16.6. The fourth-order valence-corrected chi connectivity index (χ4v) is 1.76. The predicted molar refractivity (Wildman–Crippen MR) is 83.9 cm³/mol. The van der Waals surface area contributed by atoms with Crippen molar-refractivity contribution in [2.75, 3.05) is 6.54 Å². The van der Waals surface area contributed by atoms with Crippen molar-refractivity contribution in [3.05, 3.63) is 35.9 Å². The summed E-state index contributed by atoms with van der Waals surface area (Å²) in [5.74, 6) is -1.74. The molecule has 23 heavy (non-hydrogen) atoms. The monoisotopic (exact) mass is 322 g/mol. The number of rotatable bonds is 6. The van der Waals surface area contributed by atoms with Gasteiger partial charge in [-0.3, -0.25) is 4.79 Å². The summed E-state index contributed by atoms with van der Waals surface area (Å²) < 4.78 is 4.99. The lowest BCUT2D eigenvalue weighted by atomic mass is 10.1. The number of alkyl carbamates (subject to hydrolysis) is 1. The second kappa shape index (κ2) is 8.17. The van der Waals surface area contributed by atoms with Gasteiger partial charge in [0.05, 0.1) is 0 Å². The minimum atomic E-state index is -1.14. The number of ether oxygens (including phenoxy) is 1. The number of carboxylic acid groups (broad SMARTS) is 1. The van der Waals surface area contributed by atoms with E-state index in [9.17, 15) is 19.5 Å². The van der Waals surface area contributed by atoms with Crippen LogP contribution in [-0.4, -0.2) is 41.3 Å². The van der Waals surface area contributed by atoms with Crippen LogP contribution in [-0.2, 0) is 20.7 Å². The average molecular weight is 322 g/mol. The van der Waals surface area contributed by atoms with Gasteiger partial charge in [0.1, 0.15) is 18.2 Å². The Morgan fingerprint density at radius 3 is 2.30 bits per heavy atom. The number of carbonyl (C=O) groups is 3. The third-order valence-electron chi connectivity index (χ3n) is 2.71. The van der Waals surface area contributed by atoms with E-state index in [-0.39, 0.29) is 13.0 Å². The largest absolute Gasteiger partial charge is 0.480 e. The van der Waals surface area contributed by atoms with Crippen molar-refractivity contribution in [3.63, 3.8) is 0 Å². The molecular weight excluding hydrogens is 300 g/mol. The van der Waals surface area contributed by atoms with Crippen LogP contribution in [0, 0.1) is 0 Å². The summed E-state index contributed by atoms with van der Waals surface area (Å²) in [6.45, 7) is 4.75. The highest BCUT2D eigenvalue weighted by Crippen LogP contribution is 2.06. The van der Waals surface area contributed by atoms with Gasteiger partial charge in [0.15, 0.2) is 0 Å². The summed E-state index contributed by atoms with van der Waals surface area (Å²) in [5, 5.41) is 13.8. The number of hydrogen-bond acceptors (Lipinski definition) is 4. The molecule has 1 atom stereocenters. The highest BCUT2D eigenvalue weighted by molar-refractivity contribution is 5.86. The molecule has 1 rings (SSSR count). The second-order valence-electron chi connectivity index (χ2n) is 6.00. The predicted octanol–water partition coefficient (Wildman–Crippen LogP) is 1.32. The normalized spacial score (nSPS) is 12.1. The Bertz CT molecular complexity index is 551. The van der Waals surface area contributed by atoms with E-state index in [4.69, 9.17) is 4.74 Å². The lowest BCUT2D eigenvalue weighted by Crippen LogP contribution is -2.47. The lowest BCUT2D eigenvalue weighted by Gasteiger charge is -2.20. The van der Waals surface area contributed by atoms with Gasteiger partial charge in [-0.2, -0.15) is 0 Å². The van der Waals surface area contributed by atoms with E-state index >= 15 is 0 Å². The summed E-state index contributed by atoms with van der Waals surface area (Å²) in [5.41, 5.74) is 0.123. The molecule has 1 aromatic carbocycles. The Morgan fingerprint density at radius 1 is 1.17 bits per heavy atom. The van der Waals surface area contributed by atoms with Gasteiger partial charge in [0.25, 0.3) is 0 Å². The Morgan fingerprint density at radius 2 is 1.78 bits per heavy atom. The van der Waals surface area contributed by atoms with Crippen LogP contribution < -0.4 is 10.6 Å². The van der Waals surface area contributed by atoms with Crippen LogP contribution in [0.5, 0.6) is 0 Å². The van der Waals surface area contributed by atoms with Crippen LogP contribution in [0.1, 0.15) is 26.3 Å². The standard InChI is InChI=1S/C16H22N2O5/c1-16(2,3)23-15(22)17-10-13(19)18-12(14(20)21)9-11-7-5-4-6-8-11/h4-8,12H,9-10H2,1-3H3,(H,17,22)(H,18,19)(H,20,21)/t12-/m0/s1. The molecule has 0 aliphatic heterocycles. The summed E-state index contributed by atoms with van der Waals surface area (Å²) in [6.07, 6.45) is -0.573. The maximum absolute atomic E-state index is 11.8. The van der Waals surface area contributed by atoms with Crippen molar-refractivity contribution in [2.24, 2.45) is 0 Å². The molecule has 0 fully saturated rings. The number of hydrogen-bond donors (Lipinski definition) is 3. The maximum atomic E-state index is 11.8. The van der Waals surface area contributed by atoms with E-state index in [0.29, 0.717) is 0 Å². The molecular formula is C16H22N2O5. The van der Waals surface area contributed by atoms with Crippen LogP contribution in [0.15, 0.2) is 30.3 Å². The minimum Gasteiger partial charge on any atom is -0.480 e. The molecule has 7 nitrogen and oxygen atoms in total. The van der Waals surface area contributed by atoms with Crippen molar-refractivity contribution in [3.8, 4) is 0 Å². The SMILES string of the molecule is CC(C)(C)OC(=O)NCC(=O)N[C@@H](Cc1ccccc1)C(=O)O. The fraction of sp³-hybridized carbons (Fsp3) is 0.438. The zero-order chi connectivity index (χ0) is 17.5. The molecule has 0 aliphatic rings. The van der Waals surface area contributed by atoms with Gasteiger partial charge in [0, 0.05) is 6.42 Å². The Kier molecular flexibility index (Phi) is 6.56. The van der Waals surface area contributed by atoms with Crippen molar-refractivity contribution in [1.82, 2.24) is 10.6 Å². The molecule has 3 N–H and O–H groups in total. The molecule has 0 saturated heterocycles. The third-order valence-corrected chi connectivity index (χ3v) is 2.71. The Balaban J connectivity index is 2.49. The maximum Gasteiger partial charge on any atom is 0.408 e. The smallest absolute Gasteiger partial charge is 0.408 e. The summed E-state index contributed by atoms with van der Waals surface area (Å²) in [7, 11) is 0. The fourth-order valence-electron chi connectivity index (χ4n) is 1.76. The zero-order valence-corrected chi connectivity index (χ0v) is 13.5. The highest BCUT2D eigenvalue weighted by Gasteiger charge is 2.21. The number of carboxylic acids is 1. The van der Waals surface area contributed by atoms with Crippen LogP contribution in [0.4, 0.5) is 4.79 Å². The number of amides is 2. The van der Waals surface area contributed by atoms with Crippen LogP contribution in [0.25, 0.3) is 0 Å². The van der Waals surface area contributed by atoms with Gasteiger partial charge in [-0.1, -0.05) is 30.3 Å². The Hall–Kier alpha value is -2.57. The summed E-state index contributed by atoms with van der Waals surface area (Å²) in [4.78, 5) is 34.5. The molecule has 0 unspecified atom stereocenters. The van der Waals surface area contributed by atoms with Crippen LogP contribution in [0.2, 0.25) is 0 Å². The molecule has 7 heteroatoms. The molecule has 0 heterocycles. The first kappa shape index (κ1) is 18.5. The molecule has 0 aromatic heterocycles. The van der Waals surface area contributed by atoms with Gasteiger partial charge in [-0.15, -0.1) is 0 Å². The lowest BCUT2D eigenvalue weighted by molar-refractivity contribution is -0.141. The summed E-state index contributed by atoms with van der Waals surface area (Å²) in [6, 6.07) is 7.90. The second-order valence-corrected chi connectivity index (χ2v) is 6.00. The molecule has 0 saturated carbocycles. The van der Waals surface area contributed by atoms with Gasteiger partial charge in [0.2, 0.25) is 5.91 Å². The molecule has 1 aromatic rings. The van der Waals surface area contributed by atoms with Crippen molar-refractivity contribution >= 4 is 18.0 Å². The third kappa shape index (κ3) is 7.85. The topological polar surface area (TPSA) is 105 Å². The number of aliphatic carboxylic acids is 1.